The number of hydrogen-bond donors (Lipinski definition) is 3. The molecule has 1 saturated heterocycles. The molecule has 19 heavy (non-hydrogen) atoms. The van der Waals surface area contributed by atoms with Crippen LogP contribution in [0.15, 0.2) is 0 Å². The molecule has 0 aromatic carbocycles. The number of carbonyl (C=O) groups is 1. The summed E-state index contributed by atoms with van der Waals surface area (Å²) in [5.74, 6) is 0.179. The van der Waals surface area contributed by atoms with E-state index in [2.05, 4.69) is 10.2 Å². The van der Waals surface area contributed by atoms with Crippen molar-refractivity contribution in [3.05, 3.63) is 0 Å². The molecule has 0 aromatic heterocycles. The number of likely N-dealkylation sites (tertiary alicyclic amines) is 1. The quantitative estimate of drug-likeness (QED) is 0.500. The van der Waals surface area contributed by atoms with Gasteiger partial charge >= 0.3 is 5.97 Å². The van der Waals surface area contributed by atoms with Gasteiger partial charge in [-0.3, -0.25) is 4.79 Å². The number of rotatable bonds is 8. The Balaban J connectivity index is 2.46. The van der Waals surface area contributed by atoms with E-state index in [4.69, 9.17) is 15.6 Å². The van der Waals surface area contributed by atoms with Gasteiger partial charge in [-0.15, -0.1) is 0 Å². The van der Waals surface area contributed by atoms with Crippen LogP contribution in [0.25, 0.3) is 0 Å². The Labute approximate surface area is 115 Å². The van der Waals surface area contributed by atoms with Gasteiger partial charge in [0.05, 0.1) is 13.2 Å². The maximum absolute atomic E-state index is 11.6. The number of esters is 1. The number of ether oxygens (including phenoxy) is 1. The Hall–Kier alpha value is -0.690. The van der Waals surface area contributed by atoms with E-state index in [0.717, 1.165) is 26.1 Å². The zero-order valence-corrected chi connectivity index (χ0v) is 11.8. The zero-order chi connectivity index (χ0) is 14.1. The van der Waals surface area contributed by atoms with Crippen LogP contribution in [0.5, 0.6) is 0 Å². The van der Waals surface area contributed by atoms with Gasteiger partial charge in [-0.05, 0) is 19.3 Å². The van der Waals surface area contributed by atoms with Crippen molar-refractivity contribution in [3.8, 4) is 0 Å². The van der Waals surface area contributed by atoms with Gasteiger partial charge in [0.1, 0.15) is 0 Å². The molecule has 0 aromatic rings. The minimum atomic E-state index is -0.122. The number of piperidine rings is 1. The van der Waals surface area contributed by atoms with Crippen molar-refractivity contribution >= 4 is 5.97 Å². The van der Waals surface area contributed by atoms with E-state index in [-0.39, 0.29) is 12.6 Å². The number of aliphatic hydroxyl groups excluding tert-OH is 1. The highest BCUT2D eigenvalue weighted by atomic mass is 16.5. The van der Waals surface area contributed by atoms with Crippen LogP contribution >= 0.6 is 0 Å². The number of carbonyl (C=O) groups excluding carboxylic acids is 1. The van der Waals surface area contributed by atoms with Crippen molar-refractivity contribution in [2.75, 3.05) is 45.9 Å². The molecule has 112 valence electrons. The first-order valence-electron chi connectivity index (χ1n) is 7.11. The molecule has 0 aliphatic carbocycles. The van der Waals surface area contributed by atoms with Crippen LogP contribution in [0.2, 0.25) is 0 Å². The molecule has 1 fully saturated rings. The first kappa shape index (κ1) is 16.4. The second kappa shape index (κ2) is 9.25. The second-order valence-electron chi connectivity index (χ2n) is 5.03. The molecule has 1 heterocycles. The van der Waals surface area contributed by atoms with E-state index < -0.39 is 0 Å². The van der Waals surface area contributed by atoms with Crippen LogP contribution in [-0.2, 0) is 9.53 Å². The third kappa shape index (κ3) is 6.33. The lowest BCUT2D eigenvalue weighted by atomic mass is 9.91. The smallest absolute Gasteiger partial charge is 0.306 e. The summed E-state index contributed by atoms with van der Waals surface area (Å²) in [5.41, 5.74) is 5.61. The Morgan fingerprint density at radius 1 is 1.53 bits per heavy atom. The van der Waals surface area contributed by atoms with Crippen molar-refractivity contribution in [1.82, 2.24) is 10.2 Å². The van der Waals surface area contributed by atoms with E-state index >= 15 is 0 Å². The van der Waals surface area contributed by atoms with Gasteiger partial charge in [0.2, 0.25) is 0 Å². The molecule has 0 amide bonds. The minimum absolute atomic E-state index is 0.122. The summed E-state index contributed by atoms with van der Waals surface area (Å²) >= 11 is 0. The highest BCUT2D eigenvalue weighted by Gasteiger charge is 2.28. The van der Waals surface area contributed by atoms with Gasteiger partial charge in [0, 0.05) is 45.2 Å². The molecule has 2 unspecified atom stereocenters. The summed E-state index contributed by atoms with van der Waals surface area (Å²) in [6.45, 7) is 6.28. The average Bonchev–Trinajstić information content (AvgIpc) is 2.36. The number of hydrogen-bond acceptors (Lipinski definition) is 6. The van der Waals surface area contributed by atoms with Gasteiger partial charge in [-0.1, -0.05) is 0 Å². The van der Waals surface area contributed by atoms with Crippen LogP contribution in [0.3, 0.4) is 0 Å². The van der Waals surface area contributed by atoms with Gasteiger partial charge in [0.25, 0.3) is 0 Å². The lowest BCUT2D eigenvalue weighted by Gasteiger charge is -2.37. The molecule has 4 N–H and O–H groups in total. The first-order chi connectivity index (χ1) is 9.19. The summed E-state index contributed by atoms with van der Waals surface area (Å²) < 4.78 is 5.01. The Kier molecular flexibility index (Phi) is 7.97. The molecule has 2 atom stereocenters. The van der Waals surface area contributed by atoms with E-state index in [0.29, 0.717) is 38.1 Å². The molecule has 0 bridgehead atoms. The summed E-state index contributed by atoms with van der Waals surface area (Å²) in [7, 11) is 0. The molecule has 1 aliphatic heterocycles. The molecule has 1 aliphatic rings. The van der Waals surface area contributed by atoms with Gasteiger partial charge in [0.15, 0.2) is 0 Å². The molecule has 1 rings (SSSR count). The van der Waals surface area contributed by atoms with Crippen molar-refractivity contribution in [1.29, 1.82) is 0 Å². The van der Waals surface area contributed by atoms with Crippen LogP contribution in [0.4, 0.5) is 0 Å². The number of aliphatic hydroxyl groups is 1. The van der Waals surface area contributed by atoms with Gasteiger partial charge in [-0.25, -0.2) is 0 Å². The van der Waals surface area contributed by atoms with Crippen LogP contribution in [0, 0.1) is 5.92 Å². The molecule has 6 nitrogen and oxygen atoms in total. The lowest BCUT2D eigenvalue weighted by molar-refractivity contribution is -0.144. The summed E-state index contributed by atoms with van der Waals surface area (Å²) in [4.78, 5) is 13.9. The van der Waals surface area contributed by atoms with Crippen molar-refractivity contribution in [3.63, 3.8) is 0 Å². The fourth-order valence-corrected chi connectivity index (χ4v) is 2.69. The lowest BCUT2D eigenvalue weighted by Crippen LogP contribution is -2.51. The fraction of sp³-hybridized carbons (Fsp3) is 0.923. The Bertz CT molecular complexity index is 264. The molecule has 0 spiro atoms. The molecule has 0 radical (unpaired) electrons. The Morgan fingerprint density at radius 3 is 2.95 bits per heavy atom. The van der Waals surface area contributed by atoms with E-state index in [1.54, 1.807) is 0 Å². The highest BCUT2D eigenvalue weighted by molar-refractivity contribution is 5.69. The monoisotopic (exact) mass is 273 g/mol. The second-order valence-corrected chi connectivity index (χ2v) is 5.03. The Morgan fingerprint density at radius 2 is 2.32 bits per heavy atom. The standard InChI is InChI=1S/C13H27N3O3/c1-2-19-13(18)8-11-7-12(15-4-6-17)10-16(9-11)5-3-14/h11-12,15,17H,2-10,14H2,1H3. The third-order valence-corrected chi connectivity index (χ3v) is 3.36. The molecule has 6 heteroatoms. The predicted molar refractivity (Wildman–Crippen MR) is 73.7 cm³/mol. The maximum Gasteiger partial charge on any atom is 0.306 e. The summed E-state index contributed by atoms with van der Waals surface area (Å²) in [5, 5.41) is 12.2. The molecular formula is C13H27N3O3. The van der Waals surface area contributed by atoms with Crippen molar-refractivity contribution < 1.29 is 14.6 Å². The van der Waals surface area contributed by atoms with E-state index in [9.17, 15) is 4.79 Å². The summed E-state index contributed by atoms with van der Waals surface area (Å²) in [6.07, 6.45) is 1.41. The minimum Gasteiger partial charge on any atom is -0.466 e. The molecular weight excluding hydrogens is 246 g/mol. The van der Waals surface area contributed by atoms with Crippen LogP contribution in [-0.4, -0.2) is 68.0 Å². The zero-order valence-electron chi connectivity index (χ0n) is 11.8. The van der Waals surface area contributed by atoms with Gasteiger partial charge < -0.3 is 25.8 Å². The normalized spacial score (nSPS) is 24.4. The largest absolute Gasteiger partial charge is 0.466 e. The topological polar surface area (TPSA) is 87.8 Å². The van der Waals surface area contributed by atoms with Crippen molar-refractivity contribution in [2.24, 2.45) is 11.7 Å². The first-order valence-corrected chi connectivity index (χ1v) is 7.11. The highest BCUT2D eigenvalue weighted by Crippen LogP contribution is 2.20. The third-order valence-electron chi connectivity index (χ3n) is 3.36. The number of nitrogens with one attached hydrogen (secondary N) is 1. The van der Waals surface area contributed by atoms with Gasteiger partial charge in [-0.2, -0.15) is 0 Å². The fourth-order valence-electron chi connectivity index (χ4n) is 2.69. The number of nitrogens with zero attached hydrogens (tertiary/aromatic N) is 1. The SMILES string of the molecule is CCOC(=O)CC1CC(NCCO)CN(CCN)C1. The van der Waals surface area contributed by atoms with E-state index in [1.807, 2.05) is 6.92 Å². The average molecular weight is 273 g/mol. The predicted octanol–water partition coefficient (Wildman–Crippen LogP) is -0.829. The van der Waals surface area contributed by atoms with E-state index in [1.165, 1.54) is 0 Å². The maximum atomic E-state index is 11.6. The number of nitrogens with two attached hydrogens (primary N) is 1. The van der Waals surface area contributed by atoms with Crippen LogP contribution < -0.4 is 11.1 Å². The van der Waals surface area contributed by atoms with Crippen LogP contribution in [0.1, 0.15) is 19.8 Å². The molecule has 0 saturated carbocycles. The summed E-state index contributed by atoms with van der Waals surface area (Å²) in [6, 6.07) is 0.312. The van der Waals surface area contributed by atoms with Crippen molar-refractivity contribution in [2.45, 2.75) is 25.8 Å².